The van der Waals surface area contributed by atoms with Crippen molar-refractivity contribution in [2.45, 2.75) is 20.8 Å². The fourth-order valence-electron chi connectivity index (χ4n) is 1.58. The van der Waals surface area contributed by atoms with Crippen LogP contribution in [-0.2, 0) is 4.79 Å². The van der Waals surface area contributed by atoms with E-state index in [1.807, 2.05) is 13.8 Å². The van der Waals surface area contributed by atoms with Gasteiger partial charge in [-0.2, -0.15) is 0 Å². The molecule has 1 aliphatic heterocycles. The van der Waals surface area contributed by atoms with Gasteiger partial charge in [0.05, 0.1) is 6.54 Å². The Kier molecular flexibility index (Phi) is 7.54. The second-order valence-corrected chi connectivity index (χ2v) is 3.52. The van der Waals surface area contributed by atoms with Crippen molar-refractivity contribution >= 4 is 11.8 Å². The van der Waals surface area contributed by atoms with E-state index in [9.17, 15) is 9.59 Å². The first-order valence-electron chi connectivity index (χ1n) is 5.82. The molecule has 0 radical (unpaired) electrons. The number of urea groups is 1. The van der Waals surface area contributed by atoms with Gasteiger partial charge < -0.3 is 10.2 Å². The van der Waals surface area contributed by atoms with Gasteiger partial charge in [0.25, 0.3) is 0 Å². The summed E-state index contributed by atoms with van der Waals surface area (Å²) in [7, 11) is 1.63. The maximum atomic E-state index is 11.2. The van der Waals surface area contributed by atoms with Crippen molar-refractivity contribution in [2.75, 3.05) is 39.8 Å². The Morgan fingerprint density at radius 3 is 2.00 bits per heavy atom. The highest BCUT2D eigenvalue weighted by molar-refractivity contribution is 5.77. The summed E-state index contributed by atoms with van der Waals surface area (Å²) in [5.41, 5.74) is 0. The van der Waals surface area contributed by atoms with Crippen LogP contribution in [0.5, 0.6) is 0 Å². The van der Waals surface area contributed by atoms with Gasteiger partial charge in [0.15, 0.2) is 0 Å². The Labute approximate surface area is 97.8 Å². The fourth-order valence-corrected chi connectivity index (χ4v) is 1.58. The van der Waals surface area contributed by atoms with Crippen LogP contribution in [0.15, 0.2) is 0 Å². The van der Waals surface area contributed by atoms with Crippen molar-refractivity contribution in [1.29, 1.82) is 0 Å². The quantitative estimate of drug-likeness (QED) is 0.752. The van der Waals surface area contributed by atoms with E-state index in [4.69, 9.17) is 0 Å². The molecule has 0 aliphatic carbocycles. The molecule has 0 spiro atoms. The molecule has 0 aromatic carbocycles. The number of Topliss-reactive ketones (excluding diaryl/α,β-unsaturated/α-hetero) is 1. The molecule has 5 nitrogen and oxygen atoms in total. The van der Waals surface area contributed by atoms with Gasteiger partial charge >= 0.3 is 6.03 Å². The van der Waals surface area contributed by atoms with Gasteiger partial charge in [-0.1, -0.05) is 13.8 Å². The van der Waals surface area contributed by atoms with E-state index in [1.54, 1.807) is 18.9 Å². The first-order valence-corrected chi connectivity index (χ1v) is 5.82. The molecule has 2 amide bonds. The van der Waals surface area contributed by atoms with Crippen molar-refractivity contribution < 1.29 is 9.59 Å². The summed E-state index contributed by atoms with van der Waals surface area (Å²) in [5, 5.41) is 2.59. The third-order valence-corrected chi connectivity index (χ3v) is 2.32. The van der Waals surface area contributed by atoms with Crippen LogP contribution in [0.3, 0.4) is 0 Å². The minimum Gasteiger partial charge on any atom is -0.341 e. The topological polar surface area (TPSA) is 52.7 Å². The third-order valence-electron chi connectivity index (χ3n) is 2.32. The van der Waals surface area contributed by atoms with Crippen molar-refractivity contribution in [2.24, 2.45) is 0 Å². The van der Waals surface area contributed by atoms with Gasteiger partial charge in [0.1, 0.15) is 5.78 Å². The summed E-state index contributed by atoms with van der Waals surface area (Å²) in [5.74, 6) is 0.179. The SMILES string of the molecule is CC.CNC(=O)N1CCN(CC(C)=O)CC1. The number of piperazine rings is 1. The van der Waals surface area contributed by atoms with Crippen LogP contribution in [0.2, 0.25) is 0 Å². The molecule has 0 bridgehead atoms. The Hall–Kier alpha value is -1.10. The monoisotopic (exact) mass is 229 g/mol. The van der Waals surface area contributed by atoms with Gasteiger partial charge in [0.2, 0.25) is 0 Å². The number of ketones is 1. The molecule has 0 aromatic heterocycles. The minimum absolute atomic E-state index is 0.0347. The second-order valence-electron chi connectivity index (χ2n) is 3.52. The van der Waals surface area contributed by atoms with Gasteiger partial charge in [-0.25, -0.2) is 4.79 Å². The average molecular weight is 229 g/mol. The summed E-state index contributed by atoms with van der Waals surface area (Å²) in [6, 6.07) is -0.0347. The van der Waals surface area contributed by atoms with E-state index in [2.05, 4.69) is 10.2 Å². The Bertz CT molecular complexity index is 223. The molecule has 5 heteroatoms. The van der Waals surface area contributed by atoms with Crippen molar-refractivity contribution in [3.63, 3.8) is 0 Å². The average Bonchev–Trinajstić information content (AvgIpc) is 2.31. The van der Waals surface area contributed by atoms with Crippen LogP contribution in [0.4, 0.5) is 4.79 Å². The molecule has 1 rings (SSSR count). The Morgan fingerprint density at radius 1 is 1.12 bits per heavy atom. The summed E-state index contributed by atoms with van der Waals surface area (Å²) < 4.78 is 0. The number of carbonyl (C=O) groups excluding carboxylic acids is 2. The van der Waals surface area contributed by atoms with Crippen LogP contribution in [-0.4, -0.2) is 61.4 Å². The van der Waals surface area contributed by atoms with E-state index in [0.717, 1.165) is 13.1 Å². The van der Waals surface area contributed by atoms with Crippen LogP contribution >= 0.6 is 0 Å². The molecule has 0 saturated carbocycles. The van der Waals surface area contributed by atoms with E-state index in [1.165, 1.54) is 0 Å². The van der Waals surface area contributed by atoms with E-state index < -0.39 is 0 Å². The van der Waals surface area contributed by atoms with Crippen molar-refractivity contribution in [3.05, 3.63) is 0 Å². The third kappa shape index (κ3) is 5.11. The summed E-state index contributed by atoms with van der Waals surface area (Å²) in [6.07, 6.45) is 0. The van der Waals surface area contributed by atoms with Crippen LogP contribution in [0.25, 0.3) is 0 Å². The number of rotatable bonds is 2. The highest BCUT2D eigenvalue weighted by atomic mass is 16.2. The zero-order valence-corrected chi connectivity index (χ0v) is 10.7. The standard InChI is InChI=1S/C9H17N3O2.C2H6/c1-8(13)7-11-3-5-12(6-4-11)9(14)10-2;1-2/h3-7H2,1-2H3,(H,10,14);1-2H3. The van der Waals surface area contributed by atoms with E-state index >= 15 is 0 Å². The summed E-state index contributed by atoms with van der Waals surface area (Å²) in [4.78, 5) is 25.9. The first kappa shape index (κ1) is 14.9. The molecule has 1 heterocycles. The fraction of sp³-hybridized carbons (Fsp3) is 0.818. The number of carbonyl (C=O) groups is 2. The highest BCUT2D eigenvalue weighted by Gasteiger charge is 2.20. The first-order chi connectivity index (χ1) is 7.63. The number of hydrogen-bond acceptors (Lipinski definition) is 3. The normalized spacial score (nSPS) is 16.1. The Morgan fingerprint density at radius 2 is 1.62 bits per heavy atom. The molecular formula is C11H23N3O2. The molecule has 1 N–H and O–H groups in total. The highest BCUT2D eigenvalue weighted by Crippen LogP contribution is 2.01. The van der Waals surface area contributed by atoms with Gasteiger partial charge in [-0.15, -0.1) is 0 Å². The molecule has 16 heavy (non-hydrogen) atoms. The molecule has 1 fully saturated rings. The predicted octanol–water partition coefficient (Wildman–Crippen LogP) is 0.559. The lowest BCUT2D eigenvalue weighted by Crippen LogP contribution is -2.51. The van der Waals surface area contributed by atoms with Gasteiger partial charge in [-0.05, 0) is 6.92 Å². The molecule has 0 atom stereocenters. The van der Waals surface area contributed by atoms with Crippen molar-refractivity contribution in [1.82, 2.24) is 15.1 Å². The van der Waals surface area contributed by atoms with E-state index in [0.29, 0.717) is 19.6 Å². The predicted molar refractivity (Wildman–Crippen MR) is 64.5 cm³/mol. The number of nitrogens with one attached hydrogen (secondary N) is 1. The number of nitrogens with zero attached hydrogens (tertiary/aromatic N) is 2. The maximum Gasteiger partial charge on any atom is 0.317 e. The van der Waals surface area contributed by atoms with E-state index in [-0.39, 0.29) is 11.8 Å². The molecule has 0 unspecified atom stereocenters. The smallest absolute Gasteiger partial charge is 0.317 e. The Balaban J connectivity index is 0.00000106. The lowest BCUT2D eigenvalue weighted by Gasteiger charge is -2.33. The second kappa shape index (κ2) is 8.10. The minimum atomic E-state index is -0.0347. The lowest BCUT2D eigenvalue weighted by molar-refractivity contribution is -0.118. The molecule has 1 aliphatic rings. The largest absolute Gasteiger partial charge is 0.341 e. The number of amides is 2. The zero-order valence-electron chi connectivity index (χ0n) is 10.7. The van der Waals surface area contributed by atoms with Crippen LogP contribution < -0.4 is 5.32 Å². The zero-order chi connectivity index (χ0) is 12.6. The van der Waals surface area contributed by atoms with Gasteiger partial charge in [0, 0.05) is 33.2 Å². The molecule has 94 valence electrons. The summed E-state index contributed by atoms with van der Waals surface area (Å²) >= 11 is 0. The molecular weight excluding hydrogens is 206 g/mol. The lowest BCUT2D eigenvalue weighted by atomic mass is 10.3. The van der Waals surface area contributed by atoms with Crippen LogP contribution in [0.1, 0.15) is 20.8 Å². The summed E-state index contributed by atoms with van der Waals surface area (Å²) in [6.45, 7) is 9.06. The van der Waals surface area contributed by atoms with Crippen LogP contribution in [0, 0.1) is 0 Å². The molecule has 1 saturated heterocycles. The molecule has 0 aromatic rings. The van der Waals surface area contributed by atoms with Gasteiger partial charge in [-0.3, -0.25) is 9.69 Å². The number of hydrogen-bond donors (Lipinski definition) is 1. The van der Waals surface area contributed by atoms with Crippen molar-refractivity contribution in [3.8, 4) is 0 Å². The maximum absolute atomic E-state index is 11.2.